The molecule has 24 heavy (non-hydrogen) atoms. The van der Waals surface area contributed by atoms with Crippen molar-refractivity contribution in [3.8, 4) is 5.88 Å². The molecular weight excluding hydrogens is 314 g/mol. The zero-order valence-corrected chi connectivity index (χ0v) is 14.0. The maximum Gasteiger partial charge on any atom is 0.409 e. The predicted molar refractivity (Wildman–Crippen MR) is 86.0 cm³/mol. The first kappa shape index (κ1) is 18.0. The number of amides is 1. The summed E-state index contributed by atoms with van der Waals surface area (Å²) in [5, 5.41) is 9.70. The number of hydrogen-bond donors (Lipinski definition) is 1. The van der Waals surface area contributed by atoms with Gasteiger partial charge in [0.05, 0.1) is 13.2 Å². The van der Waals surface area contributed by atoms with E-state index in [4.69, 9.17) is 9.47 Å². The lowest BCUT2D eigenvalue weighted by Crippen LogP contribution is -2.51. The number of aromatic nitrogens is 1. The lowest BCUT2D eigenvalue weighted by atomic mass is 10.1. The fraction of sp³-hybridized carbons (Fsp3) is 0.562. The molecule has 0 saturated carbocycles. The molecule has 1 aromatic rings. The Kier molecular flexibility index (Phi) is 6.36. The number of pyridine rings is 1. The molecule has 2 heterocycles. The quantitative estimate of drug-likeness (QED) is 0.838. The Morgan fingerprint density at radius 2 is 1.96 bits per heavy atom. The summed E-state index contributed by atoms with van der Waals surface area (Å²) in [7, 11) is 0. The van der Waals surface area contributed by atoms with Crippen LogP contribution >= 0.6 is 0 Å². The van der Waals surface area contributed by atoms with Gasteiger partial charge in [-0.25, -0.2) is 9.78 Å². The summed E-state index contributed by atoms with van der Waals surface area (Å²) in [5.74, 6) is -0.631. The molecule has 0 radical (unpaired) electrons. The fourth-order valence-electron chi connectivity index (χ4n) is 2.73. The molecule has 1 saturated heterocycles. The van der Waals surface area contributed by atoms with Crippen LogP contribution in [0.3, 0.4) is 0 Å². The lowest BCUT2D eigenvalue weighted by molar-refractivity contribution is -0.144. The van der Waals surface area contributed by atoms with Gasteiger partial charge >= 0.3 is 12.1 Å². The Bertz CT molecular complexity index is 573. The third-order valence-electron chi connectivity index (χ3n) is 3.82. The summed E-state index contributed by atoms with van der Waals surface area (Å²) in [4.78, 5) is 31.1. The first-order chi connectivity index (χ1) is 11.6. The first-order valence-corrected chi connectivity index (χ1v) is 8.04. The van der Waals surface area contributed by atoms with Crippen LogP contribution in [-0.4, -0.2) is 71.3 Å². The molecular formula is C16H23N3O5. The van der Waals surface area contributed by atoms with Crippen molar-refractivity contribution in [3.05, 3.63) is 23.9 Å². The number of carbonyl (C=O) groups is 2. The average Bonchev–Trinajstić information content (AvgIpc) is 2.57. The van der Waals surface area contributed by atoms with E-state index >= 15 is 0 Å². The number of piperazine rings is 1. The van der Waals surface area contributed by atoms with E-state index in [1.165, 1.54) is 0 Å². The van der Waals surface area contributed by atoms with Gasteiger partial charge in [-0.3, -0.25) is 9.69 Å². The van der Waals surface area contributed by atoms with Gasteiger partial charge in [-0.1, -0.05) is 0 Å². The number of carbonyl (C=O) groups excluding carboxylic acids is 1. The third-order valence-corrected chi connectivity index (χ3v) is 3.82. The molecule has 2 rings (SSSR count). The maximum absolute atomic E-state index is 11.8. The van der Waals surface area contributed by atoms with Crippen LogP contribution in [0.2, 0.25) is 0 Å². The van der Waals surface area contributed by atoms with Crippen LogP contribution in [0.1, 0.15) is 25.5 Å². The number of carboxylic acids is 1. The minimum atomic E-state index is -0.964. The zero-order chi connectivity index (χ0) is 17.5. The van der Waals surface area contributed by atoms with Gasteiger partial charge in [-0.2, -0.15) is 0 Å². The van der Waals surface area contributed by atoms with Crippen molar-refractivity contribution >= 4 is 12.1 Å². The summed E-state index contributed by atoms with van der Waals surface area (Å²) < 4.78 is 10.4. The molecule has 0 spiro atoms. The molecule has 8 nitrogen and oxygen atoms in total. The second-order valence-electron chi connectivity index (χ2n) is 5.29. The van der Waals surface area contributed by atoms with Gasteiger partial charge in [-0.15, -0.1) is 0 Å². The lowest BCUT2D eigenvalue weighted by Gasteiger charge is -2.37. The Labute approximate surface area is 141 Å². The van der Waals surface area contributed by atoms with E-state index in [-0.39, 0.29) is 6.09 Å². The second-order valence-corrected chi connectivity index (χ2v) is 5.29. The Morgan fingerprint density at radius 3 is 2.54 bits per heavy atom. The molecule has 1 amide bonds. The van der Waals surface area contributed by atoms with E-state index in [0.717, 1.165) is 0 Å². The number of ether oxygens (including phenoxy) is 2. The van der Waals surface area contributed by atoms with Crippen molar-refractivity contribution in [1.29, 1.82) is 0 Å². The van der Waals surface area contributed by atoms with Crippen LogP contribution in [0.15, 0.2) is 18.3 Å². The Hall–Kier alpha value is -2.35. The van der Waals surface area contributed by atoms with E-state index in [0.29, 0.717) is 50.8 Å². The summed E-state index contributed by atoms with van der Waals surface area (Å²) in [6, 6.07) is 2.56. The van der Waals surface area contributed by atoms with Crippen LogP contribution in [0.5, 0.6) is 5.88 Å². The van der Waals surface area contributed by atoms with Gasteiger partial charge in [0.1, 0.15) is 6.04 Å². The maximum atomic E-state index is 11.8. The van der Waals surface area contributed by atoms with Crippen molar-refractivity contribution in [2.75, 3.05) is 39.4 Å². The van der Waals surface area contributed by atoms with Gasteiger partial charge in [0.15, 0.2) is 0 Å². The van der Waals surface area contributed by atoms with Gasteiger partial charge in [0, 0.05) is 37.9 Å². The van der Waals surface area contributed by atoms with E-state index in [2.05, 4.69) is 4.98 Å². The fourth-order valence-corrected chi connectivity index (χ4v) is 2.73. The SMILES string of the molecule is CCOC(=O)N1CCN(C(C(=O)O)c2cccnc2OCC)CC1. The number of aliphatic carboxylic acids is 1. The van der Waals surface area contributed by atoms with Gasteiger partial charge < -0.3 is 19.5 Å². The van der Waals surface area contributed by atoms with Crippen molar-refractivity contribution in [1.82, 2.24) is 14.8 Å². The Balaban J connectivity index is 2.13. The minimum Gasteiger partial charge on any atom is -0.480 e. The summed E-state index contributed by atoms with van der Waals surface area (Å²) >= 11 is 0. The second kappa shape index (κ2) is 8.49. The van der Waals surface area contributed by atoms with Crippen LogP contribution in [0.4, 0.5) is 4.79 Å². The number of hydrogen-bond acceptors (Lipinski definition) is 6. The minimum absolute atomic E-state index is 0.324. The molecule has 1 aliphatic heterocycles. The predicted octanol–water partition coefficient (Wildman–Crippen LogP) is 1.38. The van der Waals surface area contributed by atoms with E-state index < -0.39 is 12.0 Å². The number of carboxylic acid groups (broad SMARTS) is 1. The topological polar surface area (TPSA) is 92.2 Å². The molecule has 132 valence electrons. The van der Waals surface area contributed by atoms with E-state index in [1.54, 1.807) is 30.2 Å². The largest absolute Gasteiger partial charge is 0.480 e. The number of nitrogens with zero attached hydrogens (tertiary/aromatic N) is 3. The average molecular weight is 337 g/mol. The molecule has 8 heteroatoms. The summed E-state index contributed by atoms with van der Waals surface area (Å²) in [6.45, 7) is 6.04. The normalized spacial score (nSPS) is 16.5. The van der Waals surface area contributed by atoms with Crippen molar-refractivity contribution in [2.45, 2.75) is 19.9 Å². The third kappa shape index (κ3) is 4.14. The monoisotopic (exact) mass is 337 g/mol. The molecule has 1 N–H and O–H groups in total. The summed E-state index contributed by atoms with van der Waals surface area (Å²) in [5.41, 5.74) is 0.524. The number of rotatable bonds is 6. The first-order valence-electron chi connectivity index (χ1n) is 8.04. The molecule has 1 aromatic heterocycles. The van der Waals surface area contributed by atoms with Gasteiger partial charge in [0.2, 0.25) is 5.88 Å². The van der Waals surface area contributed by atoms with Crippen LogP contribution in [-0.2, 0) is 9.53 Å². The molecule has 1 fully saturated rings. The molecule has 1 unspecified atom stereocenters. The highest BCUT2D eigenvalue weighted by molar-refractivity contribution is 5.76. The highest BCUT2D eigenvalue weighted by Crippen LogP contribution is 2.29. The molecule has 0 bridgehead atoms. The Morgan fingerprint density at radius 1 is 1.25 bits per heavy atom. The smallest absolute Gasteiger partial charge is 0.409 e. The molecule has 0 aromatic carbocycles. The van der Waals surface area contributed by atoms with Crippen LogP contribution in [0.25, 0.3) is 0 Å². The van der Waals surface area contributed by atoms with Crippen LogP contribution < -0.4 is 4.74 Å². The molecule has 1 atom stereocenters. The van der Waals surface area contributed by atoms with Gasteiger partial charge in [-0.05, 0) is 26.0 Å². The van der Waals surface area contributed by atoms with Crippen molar-refractivity contribution in [3.63, 3.8) is 0 Å². The van der Waals surface area contributed by atoms with E-state index in [1.807, 2.05) is 11.8 Å². The van der Waals surface area contributed by atoms with Crippen molar-refractivity contribution in [2.24, 2.45) is 0 Å². The standard InChI is InChI=1S/C16H23N3O5/c1-3-23-14-12(6-5-7-17-14)13(15(20)21)18-8-10-19(11-9-18)16(22)24-4-2/h5-7,13H,3-4,8-11H2,1-2H3,(H,20,21). The van der Waals surface area contributed by atoms with Crippen LogP contribution in [0, 0.1) is 0 Å². The van der Waals surface area contributed by atoms with E-state index in [9.17, 15) is 14.7 Å². The highest BCUT2D eigenvalue weighted by atomic mass is 16.6. The highest BCUT2D eigenvalue weighted by Gasteiger charge is 2.34. The van der Waals surface area contributed by atoms with Gasteiger partial charge in [0.25, 0.3) is 0 Å². The molecule has 0 aliphatic carbocycles. The molecule has 1 aliphatic rings. The van der Waals surface area contributed by atoms with Crippen molar-refractivity contribution < 1.29 is 24.2 Å². The summed E-state index contributed by atoms with van der Waals surface area (Å²) in [6.07, 6.45) is 1.21. The zero-order valence-electron chi connectivity index (χ0n) is 14.0.